The normalized spacial score (nSPS) is 41.5. The Bertz CT molecular complexity index is 1430. The van der Waals surface area contributed by atoms with E-state index in [0.717, 1.165) is 28.6 Å². The van der Waals surface area contributed by atoms with Gasteiger partial charge in [0.05, 0.1) is 11.7 Å². The highest BCUT2D eigenvalue weighted by Gasteiger charge is 2.71. The summed E-state index contributed by atoms with van der Waals surface area (Å²) in [6.45, 7) is 6.91. The Morgan fingerprint density at radius 3 is 2.55 bits per heavy atom. The molecule has 212 valence electrons. The van der Waals surface area contributed by atoms with Crippen LogP contribution in [0.25, 0.3) is 10.9 Å². The van der Waals surface area contributed by atoms with Crippen molar-refractivity contribution in [2.24, 2.45) is 29.1 Å². The van der Waals surface area contributed by atoms with Crippen LogP contribution in [0.3, 0.4) is 0 Å². The van der Waals surface area contributed by atoms with Crippen LogP contribution in [0.1, 0.15) is 39.7 Å². The molecule has 8 heteroatoms. The van der Waals surface area contributed by atoms with Gasteiger partial charge in [0.25, 0.3) is 0 Å². The summed E-state index contributed by atoms with van der Waals surface area (Å²) >= 11 is 0. The van der Waals surface area contributed by atoms with Gasteiger partial charge in [-0.2, -0.15) is 0 Å². The summed E-state index contributed by atoms with van der Waals surface area (Å²) in [5.41, 5.74) is -0.961. The molecule has 5 rings (SSSR count). The van der Waals surface area contributed by atoms with Crippen LogP contribution in [0, 0.1) is 29.1 Å². The van der Waals surface area contributed by atoms with E-state index in [0.29, 0.717) is 18.4 Å². The molecule has 8 nitrogen and oxygen atoms in total. The molecule has 0 unspecified atom stereocenters. The number of ketones is 2. The molecule has 2 aromatic rings. The molecule has 1 amide bonds. The summed E-state index contributed by atoms with van der Waals surface area (Å²) in [7, 11) is 0. The van der Waals surface area contributed by atoms with Crippen molar-refractivity contribution in [1.82, 2.24) is 10.3 Å². The second-order valence-electron chi connectivity index (χ2n) is 12.1. The maximum atomic E-state index is 14.2. The number of carbonyl (C=O) groups excluding carboxylic acids is 3. The van der Waals surface area contributed by atoms with E-state index in [9.17, 15) is 29.7 Å². The van der Waals surface area contributed by atoms with Crippen molar-refractivity contribution in [3.05, 3.63) is 72.0 Å². The van der Waals surface area contributed by atoms with Crippen LogP contribution >= 0.6 is 0 Å². The van der Waals surface area contributed by atoms with E-state index < -0.39 is 64.5 Å². The fraction of sp³-hybridized carbons (Fsp3) is 0.469. The molecule has 1 aromatic heterocycles. The van der Waals surface area contributed by atoms with Crippen molar-refractivity contribution >= 4 is 28.4 Å². The number of hydrogen-bond acceptors (Lipinski definition) is 6. The summed E-state index contributed by atoms with van der Waals surface area (Å²) < 4.78 is 0. The third kappa shape index (κ3) is 4.29. The van der Waals surface area contributed by atoms with E-state index in [2.05, 4.69) is 10.3 Å². The third-order valence-corrected chi connectivity index (χ3v) is 9.60. The number of H-pyrrole nitrogens is 1. The molecule has 1 saturated carbocycles. The van der Waals surface area contributed by atoms with E-state index in [4.69, 9.17) is 0 Å². The smallest absolute Gasteiger partial charge is 0.235 e. The molecule has 1 aliphatic heterocycles. The fourth-order valence-corrected chi connectivity index (χ4v) is 7.28. The molecule has 0 radical (unpaired) electrons. The van der Waals surface area contributed by atoms with Gasteiger partial charge in [0, 0.05) is 35.0 Å². The highest BCUT2D eigenvalue weighted by molar-refractivity contribution is 6.15. The maximum Gasteiger partial charge on any atom is 0.235 e. The minimum absolute atomic E-state index is 0.0573. The summed E-state index contributed by atoms with van der Waals surface area (Å²) in [6.07, 6.45) is 7.38. The summed E-state index contributed by atoms with van der Waals surface area (Å²) in [4.78, 5) is 44.3. The molecule has 1 spiro atoms. The fourth-order valence-electron chi connectivity index (χ4n) is 7.28. The van der Waals surface area contributed by atoms with Gasteiger partial charge >= 0.3 is 0 Å². The van der Waals surface area contributed by atoms with E-state index in [-0.39, 0.29) is 5.92 Å². The average molecular weight is 547 g/mol. The Morgan fingerprint density at radius 1 is 1.07 bits per heavy atom. The van der Waals surface area contributed by atoms with Crippen molar-refractivity contribution in [3.8, 4) is 0 Å². The molecular weight excluding hydrogens is 508 g/mol. The predicted molar refractivity (Wildman–Crippen MR) is 151 cm³/mol. The van der Waals surface area contributed by atoms with Crippen LogP contribution in [0.2, 0.25) is 0 Å². The van der Waals surface area contributed by atoms with Gasteiger partial charge in [-0.25, -0.2) is 0 Å². The monoisotopic (exact) mass is 546 g/mol. The van der Waals surface area contributed by atoms with Crippen molar-refractivity contribution in [2.75, 3.05) is 0 Å². The Kier molecular flexibility index (Phi) is 7.23. The number of aliphatic hydroxyl groups excluding tert-OH is 2. The number of carbonyl (C=O) groups is 3. The first kappa shape index (κ1) is 28.2. The van der Waals surface area contributed by atoms with Gasteiger partial charge in [0.2, 0.25) is 5.91 Å². The summed E-state index contributed by atoms with van der Waals surface area (Å²) in [6, 6.07) is 7.30. The highest BCUT2D eigenvalue weighted by atomic mass is 16.3. The Balaban J connectivity index is 1.66. The number of benzene rings is 1. The van der Waals surface area contributed by atoms with Gasteiger partial charge in [0.15, 0.2) is 11.6 Å². The van der Waals surface area contributed by atoms with Crippen molar-refractivity contribution < 1.29 is 29.7 Å². The number of para-hydroxylation sites is 1. The number of fused-ring (bicyclic) bond motifs is 1. The van der Waals surface area contributed by atoms with Gasteiger partial charge in [-0.15, -0.1) is 0 Å². The molecule has 0 bridgehead atoms. The zero-order valence-electron chi connectivity index (χ0n) is 23.3. The van der Waals surface area contributed by atoms with E-state index in [1.165, 1.54) is 0 Å². The summed E-state index contributed by atoms with van der Waals surface area (Å²) in [5, 5.41) is 37.8. The lowest BCUT2D eigenvalue weighted by molar-refractivity contribution is -0.197. The number of aliphatic hydroxyl groups is 3. The first-order chi connectivity index (χ1) is 18.9. The lowest BCUT2D eigenvalue weighted by Gasteiger charge is -2.54. The first-order valence-electron chi connectivity index (χ1n) is 14.0. The van der Waals surface area contributed by atoms with E-state index in [1.807, 2.05) is 43.5 Å². The van der Waals surface area contributed by atoms with Crippen LogP contribution in [0.5, 0.6) is 0 Å². The Hall–Kier alpha value is -3.33. The average Bonchev–Trinajstić information content (AvgIpc) is 3.45. The first-order valence-corrected chi connectivity index (χ1v) is 14.0. The maximum absolute atomic E-state index is 14.2. The number of hydrogen-bond donors (Lipinski definition) is 5. The van der Waals surface area contributed by atoms with Gasteiger partial charge in [0.1, 0.15) is 11.5 Å². The lowest BCUT2D eigenvalue weighted by atomic mass is 9.49. The topological polar surface area (TPSA) is 140 Å². The van der Waals surface area contributed by atoms with Crippen LogP contribution in [-0.2, 0) is 20.8 Å². The molecule has 40 heavy (non-hydrogen) atoms. The minimum atomic E-state index is -1.75. The SMILES string of the molecule is C/C1=C/[C@@H](C)C/C=C\[C@H]2[C@H](O)[C@@](C)(O)[C@@H](C)[C@H]3[C@H](Cc4c[nH]c5ccccc45)NC(=O)[C@@]32C(=O)/C=C\C(=O)[C@@H]1O. The zero-order chi connectivity index (χ0) is 29.0. The van der Waals surface area contributed by atoms with Gasteiger partial charge in [-0.1, -0.05) is 50.3 Å². The van der Waals surface area contributed by atoms with Crippen LogP contribution in [0.15, 0.2) is 66.4 Å². The summed E-state index contributed by atoms with van der Waals surface area (Å²) in [5.74, 6) is -4.25. The molecule has 9 atom stereocenters. The minimum Gasteiger partial charge on any atom is -0.389 e. The second-order valence-corrected chi connectivity index (χ2v) is 12.1. The largest absolute Gasteiger partial charge is 0.389 e. The van der Waals surface area contributed by atoms with Crippen LogP contribution in [0.4, 0.5) is 0 Å². The standard InChI is InChI=1S/C32H38N2O6/c1-17-8-7-10-22-29(38)31(4,40)19(3)27-24(15-20-16-33-23-11-6-5-9-21(20)23)34-30(39)32(22,27)26(36)13-12-25(35)28(37)18(2)14-17/h5-7,9-14,16-17,19,22,24,27-29,33,37-38,40H,8,15H2,1-4H3,(H,34,39)/b10-7-,13-12-,18-14-/t17-,19-,22-,24-,27-,28+,29-,31-,32-/m0/s1. The molecule has 1 saturated heterocycles. The lowest BCUT2D eigenvalue weighted by Crippen LogP contribution is -2.67. The van der Waals surface area contributed by atoms with Crippen molar-refractivity contribution in [1.29, 1.82) is 0 Å². The molecule has 5 N–H and O–H groups in total. The van der Waals surface area contributed by atoms with Crippen LogP contribution in [-0.4, -0.2) is 61.6 Å². The van der Waals surface area contributed by atoms with Gasteiger partial charge in [-0.05, 0) is 67.9 Å². The number of rotatable bonds is 2. The predicted octanol–water partition coefficient (Wildman–Crippen LogP) is 2.79. The number of allylic oxidation sites excluding steroid dienone is 3. The number of aromatic amines is 1. The Labute approximate surface area is 233 Å². The number of nitrogens with one attached hydrogen (secondary N) is 2. The molecule has 3 aliphatic rings. The third-order valence-electron chi connectivity index (χ3n) is 9.60. The van der Waals surface area contributed by atoms with Gasteiger partial charge < -0.3 is 25.6 Å². The molecule has 2 aliphatic carbocycles. The molecule has 1 aromatic carbocycles. The van der Waals surface area contributed by atoms with Crippen LogP contribution < -0.4 is 5.32 Å². The quantitative estimate of drug-likeness (QED) is 0.290. The Morgan fingerprint density at radius 2 is 1.80 bits per heavy atom. The zero-order valence-corrected chi connectivity index (χ0v) is 23.3. The molecule has 2 fully saturated rings. The number of amides is 1. The van der Waals surface area contributed by atoms with Gasteiger partial charge in [-0.3, -0.25) is 14.4 Å². The van der Waals surface area contributed by atoms with Crippen molar-refractivity contribution in [3.63, 3.8) is 0 Å². The van der Waals surface area contributed by atoms with E-state index in [1.54, 1.807) is 32.9 Å². The molecule has 2 heterocycles. The number of aromatic nitrogens is 1. The molecular formula is C32H38N2O6. The van der Waals surface area contributed by atoms with E-state index >= 15 is 0 Å². The van der Waals surface area contributed by atoms with Crippen molar-refractivity contribution in [2.45, 2.75) is 64.4 Å². The second kappa shape index (κ2) is 10.3. The highest BCUT2D eigenvalue weighted by Crippen LogP contribution is 2.58.